The number of quaternary nitrogens is 1. The van der Waals surface area contributed by atoms with Gasteiger partial charge in [0, 0.05) is 11.6 Å². The van der Waals surface area contributed by atoms with Crippen LogP contribution in [0.3, 0.4) is 0 Å². The molecule has 1 aliphatic heterocycles. The number of benzene rings is 2. The summed E-state index contributed by atoms with van der Waals surface area (Å²) in [4.78, 5) is 21.1. The van der Waals surface area contributed by atoms with E-state index < -0.39 is 0 Å². The number of aromatic amines is 1. The smallest absolute Gasteiger partial charge is 0.259 e. The molecule has 0 radical (unpaired) electrons. The molecular formula is C20H22N3O5+. The van der Waals surface area contributed by atoms with E-state index >= 15 is 0 Å². The van der Waals surface area contributed by atoms with Crippen LogP contribution in [0.25, 0.3) is 10.9 Å². The molecule has 2 heterocycles. The van der Waals surface area contributed by atoms with Crippen molar-refractivity contribution >= 4 is 10.9 Å². The number of rotatable bonds is 6. The summed E-state index contributed by atoms with van der Waals surface area (Å²) in [5.41, 5.74) is 1.50. The predicted molar refractivity (Wildman–Crippen MR) is 102 cm³/mol. The molecule has 0 amide bonds. The zero-order valence-corrected chi connectivity index (χ0v) is 16.0. The van der Waals surface area contributed by atoms with Crippen molar-refractivity contribution in [2.45, 2.75) is 13.1 Å². The first-order valence-corrected chi connectivity index (χ1v) is 8.92. The lowest BCUT2D eigenvalue weighted by atomic mass is 10.2. The van der Waals surface area contributed by atoms with E-state index in [2.05, 4.69) is 9.97 Å². The summed E-state index contributed by atoms with van der Waals surface area (Å²) < 4.78 is 21.4. The van der Waals surface area contributed by atoms with Gasteiger partial charge in [0.05, 0.1) is 32.2 Å². The summed E-state index contributed by atoms with van der Waals surface area (Å²) >= 11 is 0. The highest BCUT2D eigenvalue weighted by atomic mass is 16.7. The van der Waals surface area contributed by atoms with Crippen LogP contribution in [0.5, 0.6) is 23.0 Å². The number of aromatic nitrogens is 2. The molecule has 0 bridgehead atoms. The van der Waals surface area contributed by atoms with E-state index in [1.54, 1.807) is 19.2 Å². The zero-order valence-electron chi connectivity index (χ0n) is 16.0. The molecule has 2 aromatic carbocycles. The van der Waals surface area contributed by atoms with Gasteiger partial charge in [0.15, 0.2) is 28.8 Å². The normalized spacial score (nSPS) is 13.5. The molecule has 0 saturated carbocycles. The Morgan fingerprint density at radius 2 is 1.82 bits per heavy atom. The second kappa shape index (κ2) is 7.40. The van der Waals surface area contributed by atoms with Crippen LogP contribution in [0, 0.1) is 0 Å². The fourth-order valence-electron chi connectivity index (χ4n) is 3.35. The summed E-state index contributed by atoms with van der Waals surface area (Å²) in [6.07, 6.45) is 0. The third-order valence-corrected chi connectivity index (χ3v) is 4.67. The van der Waals surface area contributed by atoms with E-state index in [1.165, 1.54) is 12.0 Å². The summed E-state index contributed by atoms with van der Waals surface area (Å²) in [5.74, 6) is 3.19. The molecule has 8 nitrogen and oxygen atoms in total. The summed E-state index contributed by atoms with van der Waals surface area (Å²) in [7, 11) is 5.14. The molecule has 0 saturated heterocycles. The first kappa shape index (κ1) is 18.1. The van der Waals surface area contributed by atoms with Crippen LogP contribution in [-0.4, -0.2) is 38.0 Å². The maximum absolute atomic E-state index is 12.5. The van der Waals surface area contributed by atoms with Crippen LogP contribution in [-0.2, 0) is 13.1 Å². The lowest BCUT2D eigenvalue weighted by molar-refractivity contribution is -0.908. The Morgan fingerprint density at radius 3 is 2.61 bits per heavy atom. The van der Waals surface area contributed by atoms with E-state index in [9.17, 15) is 4.79 Å². The molecule has 1 unspecified atom stereocenters. The summed E-state index contributed by atoms with van der Waals surface area (Å²) in [5, 5.41) is 0.467. The highest BCUT2D eigenvalue weighted by Gasteiger charge is 2.16. The number of methoxy groups -OCH3 is 2. The lowest BCUT2D eigenvalue weighted by Gasteiger charge is -2.14. The van der Waals surface area contributed by atoms with Gasteiger partial charge in [-0.1, -0.05) is 0 Å². The second-order valence-corrected chi connectivity index (χ2v) is 6.74. The molecule has 3 aromatic rings. The van der Waals surface area contributed by atoms with E-state index in [1.807, 2.05) is 25.2 Å². The number of hydrogen-bond donors (Lipinski definition) is 2. The Balaban J connectivity index is 1.56. The molecular weight excluding hydrogens is 362 g/mol. The molecule has 1 atom stereocenters. The lowest BCUT2D eigenvalue weighted by Crippen LogP contribution is -3.06. The van der Waals surface area contributed by atoms with Crippen LogP contribution in [0.2, 0.25) is 0 Å². The number of nitrogens with zero attached hydrogens (tertiary/aromatic N) is 1. The number of fused-ring (bicyclic) bond motifs is 2. The summed E-state index contributed by atoms with van der Waals surface area (Å²) in [6.45, 7) is 1.58. The molecule has 0 fully saturated rings. The van der Waals surface area contributed by atoms with Gasteiger partial charge in [-0.15, -0.1) is 0 Å². The number of hydrogen-bond acceptors (Lipinski definition) is 6. The van der Waals surface area contributed by atoms with Gasteiger partial charge in [0.25, 0.3) is 5.56 Å². The average Bonchev–Trinajstić information content (AvgIpc) is 3.14. The molecule has 8 heteroatoms. The van der Waals surface area contributed by atoms with Crippen molar-refractivity contribution in [1.82, 2.24) is 9.97 Å². The van der Waals surface area contributed by atoms with E-state index in [0.717, 1.165) is 23.6 Å². The Kier molecular flexibility index (Phi) is 4.79. The van der Waals surface area contributed by atoms with Gasteiger partial charge in [0.2, 0.25) is 6.79 Å². The topological polar surface area (TPSA) is 87.1 Å². The maximum atomic E-state index is 12.5. The molecule has 146 valence electrons. The van der Waals surface area contributed by atoms with Crippen LogP contribution in [0.4, 0.5) is 0 Å². The second-order valence-electron chi connectivity index (χ2n) is 6.74. The van der Waals surface area contributed by atoms with Gasteiger partial charge < -0.3 is 28.8 Å². The minimum absolute atomic E-state index is 0.197. The monoisotopic (exact) mass is 384 g/mol. The number of nitrogens with one attached hydrogen (secondary N) is 2. The molecule has 1 aliphatic rings. The van der Waals surface area contributed by atoms with Gasteiger partial charge >= 0.3 is 0 Å². The standard InChI is InChI=1S/C20H21N3O5/c1-23(9-12-4-5-15-18(6-12)28-11-27-15)10-19-21-14-8-17(26-3)16(25-2)7-13(14)20(24)22-19/h4-8H,9-11H2,1-3H3,(H,21,22,24)/p+1. The van der Waals surface area contributed by atoms with Crippen LogP contribution >= 0.6 is 0 Å². The molecule has 4 rings (SSSR count). The van der Waals surface area contributed by atoms with E-state index in [0.29, 0.717) is 34.8 Å². The highest BCUT2D eigenvalue weighted by molar-refractivity contribution is 5.81. The van der Waals surface area contributed by atoms with Crippen molar-refractivity contribution < 1.29 is 23.8 Å². The number of ether oxygens (including phenoxy) is 4. The first-order chi connectivity index (χ1) is 13.6. The van der Waals surface area contributed by atoms with Crippen molar-refractivity contribution in [1.29, 1.82) is 0 Å². The first-order valence-electron chi connectivity index (χ1n) is 8.92. The predicted octanol–water partition coefficient (Wildman–Crippen LogP) is 0.884. The van der Waals surface area contributed by atoms with Crippen molar-refractivity contribution in [3.05, 3.63) is 52.1 Å². The molecule has 1 aromatic heterocycles. The van der Waals surface area contributed by atoms with Gasteiger partial charge in [-0.3, -0.25) is 4.79 Å². The Morgan fingerprint density at radius 1 is 1.07 bits per heavy atom. The zero-order chi connectivity index (χ0) is 19.7. The SMILES string of the molecule is COc1cc2nc(C[NH+](C)Cc3ccc4c(c3)OCO4)[nH]c(=O)c2cc1OC. The van der Waals surface area contributed by atoms with Crippen molar-refractivity contribution in [2.24, 2.45) is 0 Å². The van der Waals surface area contributed by atoms with Crippen molar-refractivity contribution in [3.63, 3.8) is 0 Å². The summed E-state index contributed by atoms with van der Waals surface area (Å²) in [6, 6.07) is 9.29. The Labute approximate surface area is 161 Å². The fraction of sp³-hybridized carbons (Fsp3) is 0.300. The van der Waals surface area contributed by atoms with Gasteiger partial charge in [-0.2, -0.15) is 0 Å². The number of H-pyrrole nitrogens is 1. The van der Waals surface area contributed by atoms with Crippen LogP contribution in [0.1, 0.15) is 11.4 Å². The fourth-order valence-corrected chi connectivity index (χ4v) is 3.35. The van der Waals surface area contributed by atoms with Crippen LogP contribution < -0.4 is 29.4 Å². The Hall–Kier alpha value is -3.26. The van der Waals surface area contributed by atoms with Gasteiger partial charge in [-0.05, 0) is 24.3 Å². The van der Waals surface area contributed by atoms with E-state index in [-0.39, 0.29) is 12.4 Å². The third-order valence-electron chi connectivity index (χ3n) is 4.67. The molecule has 0 aliphatic carbocycles. The van der Waals surface area contributed by atoms with Crippen LogP contribution in [0.15, 0.2) is 35.1 Å². The molecule has 28 heavy (non-hydrogen) atoms. The average molecular weight is 384 g/mol. The Bertz CT molecular complexity index is 1080. The van der Waals surface area contributed by atoms with Gasteiger partial charge in [0.1, 0.15) is 13.1 Å². The quantitative estimate of drug-likeness (QED) is 0.656. The van der Waals surface area contributed by atoms with Crippen molar-refractivity contribution in [2.75, 3.05) is 28.1 Å². The third kappa shape index (κ3) is 3.46. The largest absolute Gasteiger partial charge is 0.493 e. The van der Waals surface area contributed by atoms with Crippen molar-refractivity contribution in [3.8, 4) is 23.0 Å². The molecule has 2 N–H and O–H groups in total. The highest BCUT2D eigenvalue weighted by Crippen LogP contribution is 2.32. The van der Waals surface area contributed by atoms with E-state index in [4.69, 9.17) is 18.9 Å². The minimum Gasteiger partial charge on any atom is -0.493 e. The van der Waals surface area contributed by atoms with Gasteiger partial charge in [-0.25, -0.2) is 4.98 Å². The minimum atomic E-state index is -0.197. The molecule has 0 spiro atoms. The maximum Gasteiger partial charge on any atom is 0.259 e.